The Morgan fingerprint density at radius 1 is 1.44 bits per heavy atom. The summed E-state index contributed by atoms with van der Waals surface area (Å²) in [7, 11) is 0. The van der Waals surface area contributed by atoms with E-state index in [0.29, 0.717) is 22.6 Å². The molecule has 1 aromatic heterocycles. The maximum absolute atomic E-state index is 11.7. The fourth-order valence-electron chi connectivity index (χ4n) is 1.53. The Kier molecular flexibility index (Phi) is 2.64. The highest BCUT2D eigenvalue weighted by Gasteiger charge is 2.09. The van der Waals surface area contributed by atoms with Gasteiger partial charge in [0.15, 0.2) is 11.5 Å². The van der Waals surface area contributed by atoms with Gasteiger partial charge in [-0.25, -0.2) is 4.98 Å². The predicted molar refractivity (Wildman–Crippen MR) is 61.3 cm³/mol. The van der Waals surface area contributed by atoms with Gasteiger partial charge >= 0.3 is 0 Å². The van der Waals surface area contributed by atoms with Crippen LogP contribution >= 0.6 is 0 Å². The van der Waals surface area contributed by atoms with Crippen molar-refractivity contribution in [3.8, 4) is 0 Å². The smallest absolute Gasteiger partial charge is 0.251 e. The third kappa shape index (κ3) is 2.05. The number of rotatable bonds is 2. The first kappa shape index (κ1) is 10.7. The zero-order chi connectivity index (χ0) is 11.7. The number of carbonyl (C=O) groups is 1. The Bertz CT molecular complexity index is 529. The van der Waals surface area contributed by atoms with Crippen LogP contribution in [0.25, 0.3) is 11.1 Å². The van der Waals surface area contributed by atoms with E-state index in [1.165, 1.54) is 0 Å². The first-order valence-electron chi connectivity index (χ1n) is 5.24. The Balaban J connectivity index is 2.35. The third-order valence-corrected chi connectivity index (χ3v) is 2.18. The lowest BCUT2D eigenvalue weighted by Gasteiger charge is -2.07. The summed E-state index contributed by atoms with van der Waals surface area (Å²) in [6.45, 7) is 5.64. The number of carbonyl (C=O) groups excluding carboxylic acids is 1. The summed E-state index contributed by atoms with van der Waals surface area (Å²) in [4.78, 5) is 15.9. The van der Waals surface area contributed by atoms with E-state index in [-0.39, 0.29) is 11.9 Å². The molecule has 0 aliphatic carbocycles. The second kappa shape index (κ2) is 3.96. The van der Waals surface area contributed by atoms with E-state index < -0.39 is 0 Å². The number of aryl methyl sites for hydroxylation is 1. The van der Waals surface area contributed by atoms with Crippen molar-refractivity contribution in [2.45, 2.75) is 26.8 Å². The van der Waals surface area contributed by atoms with Crippen molar-refractivity contribution in [3.05, 3.63) is 29.7 Å². The summed E-state index contributed by atoms with van der Waals surface area (Å²) in [5.41, 5.74) is 2.03. The monoisotopic (exact) mass is 218 g/mol. The lowest BCUT2D eigenvalue weighted by molar-refractivity contribution is 0.0943. The zero-order valence-corrected chi connectivity index (χ0v) is 9.57. The van der Waals surface area contributed by atoms with E-state index in [9.17, 15) is 4.79 Å². The average molecular weight is 218 g/mol. The minimum Gasteiger partial charge on any atom is -0.441 e. The van der Waals surface area contributed by atoms with Crippen molar-refractivity contribution in [3.63, 3.8) is 0 Å². The Morgan fingerprint density at radius 2 is 2.19 bits per heavy atom. The van der Waals surface area contributed by atoms with Crippen molar-refractivity contribution >= 4 is 17.0 Å². The van der Waals surface area contributed by atoms with Crippen LogP contribution in [0.3, 0.4) is 0 Å². The van der Waals surface area contributed by atoms with Gasteiger partial charge in [-0.15, -0.1) is 0 Å². The van der Waals surface area contributed by atoms with Crippen LogP contribution < -0.4 is 5.32 Å². The maximum Gasteiger partial charge on any atom is 0.251 e. The van der Waals surface area contributed by atoms with Crippen molar-refractivity contribution in [2.24, 2.45) is 0 Å². The van der Waals surface area contributed by atoms with Crippen LogP contribution in [0, 0.1) is 6.92 Å². The van der Waals surface area contributed by atoms with Gasteiger partial charge in [0.1, 0.15) is 5.52 Å². The number of fused-ring (bicyclic) bond motifs is 1. The lowest BCUT2D eigenvalue weighted by Crippen LogP contribution is -2.29. The number of hydrogen-bond donors (Lipinski definition) is 1. The summed E-state index contributed by atoms with van der Waals surface area (Å²) >= 11 is 0. The fourth-order valence-corrected chi connectivity index (χ4v) is 1.53. The van der Waals surface area contributed by atoms with Crippen LogP contribution in [0.2, 0.25) is 0 Å². The maximum atomic E-state index is 11.7. The van der Waals surface area contributed by atoms with Crippen LogP contribution in [0.15, 0.2) is 22.6 Å². The number of nitrogens with one attached hydrogen (secondary N) is 1. The van der Waals surface area contributed by atoms with Gasteiger partial charge in [0, 0.05) is 18.5 Å². The van der Waals surface area contributed by atoms with Crippen LogP contribution in [-0.4, -0.2) is 16.9 Å². The van der Waals surface area contributed by atoms with Gasteiger partial charge in [-0.3, -0.25) is 4.79 Å². The molecule has 1 N–H and O–H groups in total. The van der Waals surface area contributed by atoms with Gasteiger partial charge in [-0.1, -0.05) is 0 Å². The highest BCUT2D eigenvalue weighted by molar-refractivity contribution is 5.97. The SMILES string of the molecule is Cc1nc2cc(C(=O)NC(C)C)ccc2o1. The molecule has 0 saturated heterocycles. The van der Waals surface area contributed by atoms with Crippen molar-refractivity contribution in [1.29, 1.82) is 0 Å². The molecule has 0 bridgehead atoms. The summed E-state index contributed by atoms with van der Waals surface area (Å²) < 4.78 is 5.34. The predicted octanol–water partition coefficient (Wildman–Crippen LogP) is 2.27. The molecule has 2 rings (SSSR count). The number of aromatic nitrogens is 1. The van der Waals surface area contributed by atoms with Crippen molar-refractivity contribution in [2.75, 3.05) is 0 Å². The quantitative estimate of drug-likeness (QED) is 0.841. The first-order chi connectivity index (χ1) is 7.56. The van der Waals surface area contributed by atoms with E-state index >= 15 is 0 Å². The molecule has 0 aliphatic heterocycles. The summed E-state index contributed by atoms with van der Waals surface area (Å²) in [6.07, 6.45) is 0. The molecule has 1 amide bonds. The van der Waals surface area contributed by atoms with Crippen LogP contribution in [0.1, 0.15) is 30.1 Å². The minimum atomic E-state index is -0.0856. The molecular weight excluding hydrogens is 204 g/mol. The van der Waals surface area contributed by atoms with Gasteiger partial charge < -0.3 is 9.73 Å². The zero-order valence-electron chi connectivity index (χ0n) is 9.57. The molecule has 0 fully saturated rings. The van der Waals surface area contributed by atoms with E-state index in [1.807, 2.05) is 13.8 Å². The largest absolute Gasteiger partial charge is 0.441 e. The van der Waals surface area contributed by atoms with Gasteiger partial charge in [0.2, 0.25) is 0 Å². The van der Waals surface area contributed by atoms with Gasteiger partial charge in [0.25, 0.3) is 5.91 Å². The van der Waals surface area contributed by atoms with Crippen LogP contribution in [0.4, 0.5) is 0 Å². The molecule has 4 nitrogen and oxygen atoms in total. The van der Waals surface area contributed by atoms with E-state index in [1.54, 1.807) is 25.1 Å². The average Bonchev–Trinajstić information content (AvgIpc) is 2.55. The molecule has 16 heavy (non-hydrogen) atoms. The first-order valence-corrected chi connectivity index (χ1v) is 5.24. The molecule has 0 aliphatic rings. The highest BCUT2D eigenvalue weighted by Crippen LogP contribution is 2.16. The minimum absolute atomic E-state index is 0.0856. The highest BCUT2D eigenvalue weighted by atomic mass is 16.3. The van der Waals surface area contributed by atoms with E-state index in [2.05, 4.69) is 10.3 Å². The normalized spacial score (nSPS) is 11.0. The van der Waals surface area contributed by atoms with Gasteiger partial charge in [0.05, 0.1) is 0 Å². The molecular formula is C12H14N2O2. The molecule has 0 unspecified atom stereocenters. The Morgan fingerprint density at radius 3 is 2.88 bits per heavy atom. The third-order valence-electron chi connectivity index (χ3n) is 2.18. The number of amides is 1. The fraction of sp³-hybridized carbons (Fsp3) is 0.333. The molecule has 0 radical (unpaired) electrons. The lowest BCUT2D eigenvalue weighted by atomic mass is 10.2. The molecule has 84 valence electrons. The number of benzene rings is 1. The van der Waals surface area contributed by atoms with Crippen LogP contribution in [-0.2, 0) is 0 Å². The van der Waals surface area contributed by atoms with Crippen LogP contribution in [0.5, 0.6) is 0 Å². The molecule has 4 heteroatoms. The number of hydrogen-bond acceptors (Lipinski definition) is 3. The second-order valence-electron chi connectivity index (χ2n) is 4.04. The Labute approximate surface area is 93.7 Å². The standard InChI is InChI=1S/C12H14N2O2/c1-7(2)13-12(15)9-4-5-11-10(6-9)14-8(3)16-11/h4-7H,1-3H3,(H,13,15). The van der Waals surface area contributed by atoms with Gasteiger partial charge in [-0.2, -0.15) is 0 Å². The molecule has 2 aromatic rings. The van der Waals surface area contributed by atoms with E-state index in [4.69, 9.17) is 4.42 Å². The molecule has 1 aromatic carbocycles. The molecule has 0 atom stereocenters. The number of oxazole rings is 1. The molecule has 0 spiro atoms. The summed E-state index contributed by atoms with van der Waals surface area (Å²) in [6, 6.07) is 5.38. The molecule has 1 heterocycles. The van der Waals surface area contributed by atoms with Gasteiger partial charge in [-0.05, 0) is 32.0 Å². The van der Waals surface area contributed by atoms with Crippen molar-refractivity contribution in [1.82, 2.24) is 10.3 Å². The van der Waals surface area contributed by atoms with Crippen molar-refractivity contribution < 1.29 is 9.21 Å². The summed E-state index contributed by atoms with van der Waals surface area (Å²) in [5.74, 6) is 0.522. The summed E-state index contributed by atoms with van der Waals surface area (Å²) in [5, 5.41) is 2.83. The Hall–Kier alpha value is -1.84. The molecule has 0 saturated carbocycles. The number of nitrogens with zero attached hydrogens (tertiary/aromatic N) is 1. The van der Waals surface area contributed by atoms with E-state index in [0.717, 1.165) is 0 Å². The second-order valence-corrected chi connectivity index (χ2v) is 4.04. The topological polar surface area (TPSA) is 55.1 Å².